The Morgan fingerprint density at radius 3 is 1.35 bits per heavy atom. The second-order valence-electron chi connectivity index (χ2n) is 5.14. The van der Waals surface area contributed by atoms with Gasteiger partial charge in [0.2, 0.25) is 0 Å². The number of alkyl halides is 1. The molecular weight excluding hydrogens is 367 g/mol. The lowest BCUT2D eigenvalue weighted by molar-refractivity contribution is -0.133. The van der Waals surface area contributed by atoms with Gasteiger partial charge in [0, 0.05) is 6.61 Å². The van der Waals surface area contributed by atoms with E-state index in [1.54, 1.807) is 22.6 Å². The monoisotopic (exact) mass is 400 g/mol. The highest BCUT2D eigenvalue weighted by molar-refractivity contribution is 14.1. The minimum absolute atomic E-state index is 0.192. The molecule has 0 unspecified atom stereocenters. The Kier molecular flexibility index (Phi) is 24.1. The minimum Gasteiger partial charge on any atom is -0.481 e. The third-order valence-electron chi connectivity index (χ3n) is 3.13. The van der Waals surface area contributed by atoms with Crippen molar-refractivity contribution < 1.29 is 15.0 Å². The molecular formula is C16H33IO3. The summed E-state index contributed by atoms with van der Waals surface area (Å²) in [5.41, 5.74) is 0. The fourth-order valence-electron chi connectivity index (χ4n) is 1.95. The first kappa shape index (κ1) is 22.4. The first-order valence-electron chi connectivity index (χ1n) is 8.07. The van der Waals surface area contributed by atoms with Crippen molar-refractivity contribution in [2.45, 2.75) is 84.0 Å². The molecule has 0 fully saturated rings. The van der Waals surface area contributed by atoms with Gasteiger partial charge in [0.15, 0.2) is 0 Å². The molecule has 3 nitrogen and oxygen atoms in total. The highest BCUT2D eigenvalue weighted by Crippen LogP contribution is 2.11. The van der Waals surface area contributed by atoms with Crippen molar-refractivity contribution in [3.63, 3.8) is 0 Å². The van der Waals surface area contributed by atoms with Gasteiger partial charge >= 0.3 is 5.97 Å². The number of aliphatic carboxylic acids is 1. The predicted octanol–water partition coefficient (Wildman–Crippen LogP) is 5.19. The van der Waals surface area contributed by atoms with Gasteiger partial charge in [-0.2, -0.15) is 0 Å². The predicted molar refractivity (Wildman–Crippen MR) is 94.7 cm³/mol. The average Bonchev–Trinajstić information content (AvgIpc) is 2.45. The van der Waals surface area contributed by atoms with Crippen molar-refractivity contribution in [3.05, 3.63) is 0 Å². The van der Waals surface area contributed by atoms with Crippen LogP contribution in [0.2, 0.25) is 0 Å². The molecule has 0 aliphatic rings. The zero-order valence-electron chi connectivity index (χ0n) is 13.1. The van der Waals surface area contributed by atoms with Crippen LogP contribution in [0.25, 0.3) is 0 Å². The maximum absolute atomic E-state index is 9.36. The number of carbonyl (C=O) groups is 1. The van der Waals surface area contributed by atoms with Gasteiger partial charge in [0.1, 0.15) is 0 Å². The number of aliphatic hydroxyl groups is 1. The van der Waals surface area contributed by atoms with Crippen molar-refractivity contribution in [2.24, 2.45) is 0 Å². The summed E-state index contributed by atoms with van der Waals surface area (Å²) in [6.07, 6.45) is 16.2. The molecule has 0 aliphatic carbocycles. The van der Waals surface area contributed by atoms with Gasteiger partial charge in [-0.3, -0.25) is 4.79 Å². The van der Waals surface area contributed by atoms with Crippen LogP contribution in [0.4, 0.5) is 0 Å². The molecule has 0 aromatic rings. The van der Waals surface area contributed by atoms with Gasteiger partial charge in [-0.25, -0.2) is 0 Å². The molecule has 0 aromatic carbocycles. The summed E-state index contributed by atoms with van der Waals surface area (Å²) in [6, 6.07) is 0. The summed E-state index contributed by atoms with van der Waals surface area (Å²) >= 11 is 1.78. The lowest BCUT2D eigenvalue weighted by atomic mass is 10.1. The number of carboxylic acid groups (broad SMARTS) is 1. The Balaban J connectivity index is 0. The van der Waals surface area contributed by atoms with Gasteiger partial charge in [-0.05, 0) is 6.42 Å². The number of halogens is 1. The zero-order chi connectivity index (χ0) is 15.5. The van der Waals surface area contributed by atoms with E-state index in [2.05, 4.69) is 6.92 Å². The Morgan fingerprint density at radius 1 is 0.800 bits per heavy atom. The average molecular weight is 400 g/mol. The summed E-state index contributed by atoms with van der Waals surface area (Å²) in [4.78, 5) is 9.36. The topological polar surface area (TPSA) is 57.5 Å². The van der Waals surface area contributed by atoms with Crippen LogP contribution in [0.3, 0.4) is 0 Å². The first-order valence-corrected chi connectivity index (χ1v) is 9.60. The SMILES string of the molecule is CCCCCCCCCCCCCCO.O=C(O)CI. The molecule has 0 saturated carbocycles. The Labute approximate surface area is 138 Å². The third kappa shape index (κ3) is 26.7. The molecule has 0 spiro atoms. The van der Waals surface area contributed by atoms with E-state index in [9.17, 15) is 4.79 Å². The molecule has 0 heterocycles. The van der Waals surface area contributed by atoms with Crippen molar-refractivity contribution in [1.82, 2.24) is 0 Å². The normalized spacial score (nSPS) is 9.95. The number of rotatable bonds is 13. The van der Waals surface area contributed by atoms with E-state index in [0.29, 0.717) is 6.61 Å². The van der Waals surface area contributed by atoms with E-state index < -0.39 is 5.97 Å². The lowest BCUT2D eigenvalue weighted by Crippen LogP contribution is -1.91. The molecule has 0 saturated heterocycles. The molecule has 4 heteroatoms. The number of unbranched alkanes of at least 4 members (excludes halogenated alkanes) is 11. The second-order valence-corrected chi connectivity index (χ2v) is 5.90. The maximum atomic E-state index is 9.36. The molecule has 0 amide bonds. The van der Waals surface area contributed by atoms with E-state index in [0.717, 1.165) is 6.42 Å². The van der Waals surface area contributed by atoms with Crippen molar-refractivity contribution in [3.8, 4) is 0 Å². The molecule has 0 aliphatic heterocycles. The molecule has 122 valence electrons. The van der Waals surface area contributed by atoms with Crippen molar-refractivity contribution in [2.75, 3.05) is 11.0 Å². The van der Waals surface area contributed by atoms with Gasteiger partial charge in [0.05, 0.1) is 4.43 Å². The van der Waals surface area contributed by atoms with E-state index >= 15 is 0 Å². The number of carboxylic acids is 1. The van der Waals surface area contributed by atoms with Crippen LogP contribution in [0, 0.1) is 0 Å². The lowest BCUT2D eigenvalue weighted by Gasteiger charge is -2.01. The van der Waals surface area contributed by atoms with Crippen LogP contribution in [-0.2, 0) is 4.79 Å². The number of hydrogen-bond donors (Lipinski definition) is 2. The molecule has 0 rings (SSSR count). The number of aliphatic hydroxyl groups excluding tert-OH is 1. The van der Waals surface area contributed by atoms with E-state index in [-0.39, 0.29) is 4.43 Å². The van der Waals surface area contributed by atoms with Crippen molar-refractivity contribution >= 4 is 28.6 Å². The van der Waals surface area contributed by atoms with E-state index in [1.807, 2.05) is 0 Å². The Morgan fingerprint density at radius 2 is 1.10 bits per heavy atom. The molecule has 0 atom stereocenters. The fraction of sp³-hybridized carbons (Fsp3) is 0.938. The fourth-order valence-corrected chi connectivity index (χ4v) is 1.95. The van der Waals surface area contributed by atoms with E-state index in [1.165, 1.54) is 70.6 Å². The van der Waals surface area contributed by atoms with Gasteiger partial charge in [0.25, 0.3) is 0 Å². The van der Waals surface area contributed by atoms with Crippen LogP contribution in [0.5, 0.6) is 0 Å². The standard InChI is InChI=1S/C14H30O.C2H3IO2/c1-2-3-4-5-6-7-8-9-10-11-12-13-14-15;3-1-2(4)5/h15H,2-14H2,1H3;1H2,(H,4,5). The van der Waals surface area contributed by atoms with Crippen LogP contribution in [-0.4, -0.2) is 27.2 Å². The number of hydrogen-bond acceptors (Lipinski definition) is 2. The quantitative estimate of drug-likeness (QED) is 0.254. The van der Waals surface area contributed by atoms with Gasteiger partial charge < -0.3 is 10.2 Å². The zero-order valence-corrected chi connectivity index (χ0v) is 15.2. The first-order chi connectivity index (χ1) is 9.68. The smallest absolute Gasteiger partial charge is 0.313 e. The molecule has 0 aromatic heterocycles. The van der Waals surface area contributed by atoms with Gasteiger partial charge in [-0.1, -0.05) is 100 Å². The van der Waals surface area contributed by atoms with Crippen LogP contribution < -0.4 is 0 Å². The highest BCUT2D eigenvalue weighted by Gasteiger charge is 1.92. The summed E-state index contributed by atoms with van der Waals surface area (Å²) in [5.74, 6) is -0.759. The molecule has 0 bridgehead atoms. The largest absolute Gasteiger partial charge is 0.481 e. The summed E-state index contributed by atoms with van der Waals surface area (Å²) in [6.45, 7) is 2.64. The summed E-state index contributed by atoms with van der Waals surface area (Å²) < 4.78 is 0.192. The summed E-state index contributed by atoms with van der Waals surface area (Å²) in [7, 11) is 0. The van der Waals surface area contributed by atoms with Gasteiger partial charge in [-0.15, -0.1) is 0 Å². The van der Waals surface area contributed by atoms with Crippen LogP contribution >= 0.6 is 22.6 Å². The molecule has 2 N–H and O–H groups in total. The van der Waals surface area contributed by atoms with Crippen LogP contribution in [0.1, 0.15) is 84.0 Å². The second kappa shape index (κ2) is 21.5. The third-order valence-corrected chi connectivity index (χ3v) is 3.78. The maximum Gasteiger partial charge on any atom is 0.313 e. The summed E-state index contributed by atoms with van der Waals surface area (Å²) in [5, 5.41) is 16.3. The van der Waals surface area contributed by atoms with E-state index in [4.69, 9.17) is 10.2 Å². The molecule has 20 heavy (non-hydrogen) atoms. The highest BCUT2D eigenvalue weighted by atomic mass is 127. The van der Waals surface area contributed by atoms with Crippen LogP contribution in [0.15, 0.2) is 0 Å². The van der Waals surface area contributed by atoms with Crippen molar-refractivity contribution in [1.29, 1.82) is 0 Å². The Hall–Kier alpha value is 0.160. The minimum atomic E-state index is -0.759. The molecule has 0 radical (unpaired) electrons. The Bertz CT molecular complexity index is 175.